The lowest BCUT2D eigenvalue weighted by Gasteiger charge is -2.03. The third-order valence-corrected chi connectivity index (χ3v) is 4.05. The Kier molecular flexibility index (Phi) is 3.71. The first-order valence-electron chi connectivity index (χ1n) is 7.92. The Bertz CT molecular complexity index is 1070. The summed E-state index contributed by atoms with van der Waals surface area (Å²) in [4.78, 5) is 26.0. The standard InChI is InChI=1S/C21H14N2O2/c24-20(15-9-3-1-4-10-15)18-17-13-7-8-14-23(17)22-19(18)21(25)16-11-5-2-6-12-16/h1-14H. The number of nitrogens with zero attached hydrogens (tertiary/aromatic N) is 2. The molecular formula is C21H14N2O2. The van der Waals surface area contributed by atoms with Gasteiger partial charge in [0.1, 0.15) is 5.69 Å². The summed E-state index contributed by atoms with van der Waals surface area (Å²) in [6.45, 7) is 0. The molecule has 0 fully saturated rings. The normalized spacial score (nSPS) is 10.7. The topological polar surface area (TPSA) is 51.4 Å². The minimum atomic E-state index is -0.261. The van der Waals surface area contributed by atoms with Gasteiger partial charge in [0.2, 0.25) is 5.78 Å². The number of aromatic nitrogens is 2. The van der Waals surface area contributed by atoms with E-state index in [0.29, 0.717) is 22.2 Å². The zero-order valence-electron chi connectivity index (χ0n) is 13.3. The molecule has 4 aromatic rings. The van der Waals surface area contributed by atoms with Crippen LogP contribution < -0.4 is 0 Å². The van der Waals surface area contributed by atoms with E-state index in [1.165, 1.54) is 0 Å². The first kappa shape index (κ1) is 15.0. The molecule has 2 aromatic carbocycles. The number of carbonyl (C=O) groups is 2. The highest BCUT2D eigenvalue weighted by Gasteiger charge is 2.25. The minimum Gasteiger partial charge on any atom is -0.288 e. The molecule has 0 spiro atoms. The third-order valence-electron chi connectivity index (χ3n) is 4.05. The second kappa shape index (κ2) is 6.17. The molecule has 120 valence electrons. The van der Waals surface area contributed by atoms with Crippen LogP contribution in [0.5, 0.6) is 0 Å². The predicted molar refractivity (Wildman–Crippen MR) is 94.9 cm³/mol. The Morgan fingerprint density at radius 2 is 1.24 bits per heavy atom. The average molecular weight is 326 g/mol. The van der Waals surface area contributed by atoms with E-state index in [9.17, 15) is 9.59 Å². The monoisotopic (exact) mass is 326 g/mol. The fraction of sp³-hybridized carbons (Fsp3) is 0. The molecule has 0 unspecified atom stereocenters. The van der Waals surface area contributed by atoms with E-state index in [2.05, 4.69) is 5.10 Å². The molecule has 2 aromatic heterocycles. The van der Waals surface area contributed by atoms with Crippen LogP contribution in [0, 0.1) is 0 Å². The van der Waals surface area contributed by atoms with Crippen molar-refractivity contribution in [1.82, 2.24) is 9.61 Å². The van der Waals surface area contributed by atoms with Crippen molar-refractivity contribution in [3.05, 3.63) is 107 Å². The van der Waals surface area contributed by atoms with Gasteiger partial charge in [-0.15, -0.1) is 0 Å². The van der Waals surface area contributed by atoms with Gasteiger partial charge in [0.25, 0.3) is 0 Å². The summed E-state index contributed by atoms with van der Waals surface area (Å²) in [5, 5.41) is 4.38. The van der Waals surface area contributed by atoms with E-state index in [-0.39, 0.29) is 17.3 Å². The van der Waals surface area contributed by atoms with Crippen molar-refractivity contribution in [1.29, 1.82) is 0 Å². The molecular weight excluding hydrogens is 312 g/mol. The maximum absolute atomic E-state index is 13.1. The van der Waals surface area contributed by atoms with E-state index < -0.39 is 0 Å². The van der Waals surface area contributed by atoms with Crippen molar-refractivity contribution < 1.29 is 9.59 Å². The average Bonchev–Trinajstić information content (AvgIpc) is 3.07. The zero-order valence-corrected chi connectivity index (χ0v) is 13.3. The summed E-state index contributed by atoms with van der Waals surface area (Å²) in [6.07, 6.45) is 1.74. The molecule has 0 N–H and O–H groups in total. The number of carbonyl (C=O) groups excluding carboxylic acids is 2. The van der Waals surface area contributed by atoms with Crippen LogP contribution in [0.25, 0.3) is 5.52 Å². The van der Waals surface area contributed by atoms with E-state index >= 15 is 0 Å². The number of hydrogen-bond donors (Lipinski definition) is 0. The van der Waals surface area contributed by atoms with Gasteiger partial charge in [-0.2, -0.15) is 5.10 Å². The van der Waals surface area contributed by atoms with E-state index in [4.69, 9.17) is 0 Å². The van der Waals surface area contributed by atoms with Crippen LogP contribution in [-0.4, -0.2) is 21.2 Å². The molecule has 0 radical (unpaired) electrons. The number of ketones is 2. The van der Waals surface area contributed by atoms with Crippen LogP contribution in [-0.2, 0) is 0 Å². The van der Waals surface area contributed by atoms with Crippen molar-refractivity contribution in [3.63, 3.8) is 0 Å². The van der Waals surface area contributed by atoms with E-state index in [1.54, 1.807) is 65.3 Å². The highest BCUT2D eigenvalue weighted by molar-refractivity contribution is 6.21. The fourth-order valence-corrected chi connectivity index (χ4v) is 2.84. The third kappa shape index (κ3) is 2.64. The highest BCUT2D eigenvalue weighted by Crippen LogP contribution is 2.22. The molecule has 0 aliphatic rings. The number of fused-ring (bicyclic) bond motifs is 1. The Labute approximate surface area is 144 Å². The number of rotatable bonds is 4. The van der Waals surface area contributed by atoms with Gasteiger partial charge in [0, 0.05) is 17.3 Å². The summed E-state index contributed by atoms with van der Waals surface area (Å²) >= 11 is 0. The van der Waals surface area contributed by atoms with Gasteiger partial charge in [-0.1, -0.05) is 66.7 Å². The Morgan fingerprint density at radius 1 is 0.680 bits per heavy atom. The first-order valence-corrected chi connectivity index (χ1v) is 7.92. The van der Waals surface area contributed by atoms with E-state index in [0.717, 1.165) is 0 Å². The van der Waals surface area contributed by atoms with Gasteiger partial charge in [-0.3, -0.25) is 9.59 Å². The van der Waals surface area contributed by atoms with E-state index in [1.807, 2.05) is 24.3 Å². The van der Waals surface area contributed by atoms with Crippen molar-refractivity contribution in [3.8, 4) is 0 Å². The van der Waals surface area contributed by atoms with Crippen LogP contribution in [0.4, 0.5) is 0 Å². The molecule has 4 nitrogen and oxygen atoms in total. The van der Waals surface area contributed by atoms with Gasteiger partial charge in [0.15, 0.2) is 5.78 Å². The van der Waals surface area contributed by atoms with Gasteiger partial charge >= 0.3 is 0 Å². The molecule has 0 aliphatic carbocycles. The van der Waals surface area contributed by atoms with Crippen LogP contribution in [0.1, 0.15) is 32.0 Å². The van der Waals surface area contributed by atoms with Crippen LogP contribution >= 0.6 is 0 Å². The second-order valence-electron chi connectivity index (χ2n) is 5.64. The Morgan fingerprint density at radius 3 is 1.88 bits per heavy atom. The quantitative estimate of drug-likeness (QED) is 0.536. The lowest BCUT2D eigenvalue weighted by molar-refractivity contribution is 0.100. The van der Waals surface area contributed by atoms with Crippen LogP contribution in [0.3, 0.4) is 0 Å². The summed E-state index contributed by atoms with van der Waals surface area (Å²) < 4.78 is 1.58. The van der Waals surface area contributed by atoms with Gasteiger partial charge in [-0.05, 0) is 12.1 Å². The largest absolute Gasteiger partial charge is 0.288 e. The second-order valence-corrected chi connectivity index (χ2v) is 5.64. The maximum atomic E-state index is 13.1. The lowest BCUT2D eigenvalue weighted by atomic mass is 9.98. The molecule has 2 heterocycles. The Hall–Kier alpha value is -3.53. The minimum absolute atomic E-state index is 0.172. The number of benzene rings is 2. The summed E-state index contributed by atoms with van der Waals surface area (Å²) in [5.74, 6) is -0.468. The first-order chi connectivity index (χ1) is 12.3. The van der Waals surface area contributed by atoms with Crippen LogP contribution in [0.15, 0.2) is 85.1 Å². The molecule has 25 heavy (non-hydrogen) atoms. The van der Waals surface area contributed by atoms with Crippen molar-refractivity contribution in [2.75, 3.05) is 0 Å². The van der Waals surface area contributed by atoms with Crippen LogP contribution in [0.2, 0.25) is 0 Å². The zero-order chi connectivity index (χ0) is 17.2. The molecule has 4 heteroatoms. The highest BCUT2D eigenvalue weighted by atomic mass is 16.1. The SMILES string of the molecule is O=C(c1ccccc1)c1nn2ccccc2c1C(=O)c1ccccc1. The number of hydrogen-bond acceptors (Lipinski definition) is 3. The fourth-order valence-electron chi connectivity index (χ4n) is 2.84. The maximum Gasteiger partial charge on any atom is 0.214 e. The lowest BCUT2D eigenvalue weighted by Crippen LogP contribution is -2.10. The van der Waals surface area contributed by atoms with Crippen molar-refractivity contribution in [2.45, 2.75) is 0 Å². The van der Waals surface area contributed by atoms with Gasteiger partial charge in [0.05, 0.1) is 11.1 Å². The molecule has 0 saturated heterocycles. The van der Waals surface area contributed by atoms with Crippen molar-refractivity contribution in [2.24, 2.45) is 0 Å². The summed E-state index contributed by atoms with van der Waals surface area (Å²) in [7, 11) is 0. The molecule has 0 atom stereocenters. The molecule has 0 aliphatic heterocycles. The predicted octanol–water partition coefficient (Wildman–Crippen LogP) is 3.80. The summed E-state index contributed by atoms with van der Waals surface area (Å²) in [6, 6.07) is 23.3. The number of pyridine rings is 1. The molecule has 0 amide bonds. The Balaban J connectivity index is 1.93. The molecule has 0 bridgehead atoms. The molecule has 0 saturated carbocycles. The van der Waals surface area contributed by atoms with Crippen molar-refractivity contribution >= 4 is 17.1 Å². The van der Waals surface area contributed by atoms with Gasteiger partial charge in [-0.25, -0.2) is 4.52 Å². The van der Waals surface area contributed by atoms with Gasteiger partial charge < -0.3 is 0 Å². The smallest absolute Gasteiger partial charge is 0.214 e. The molecule has 4 rings (SSSR count). The summed E-state index contributed by atoms with van der Waals surface area (Å²) in [5.41, 5.74) is 2.17.